The molecule has 3 heterocycles. The molecule has 3 aromatic heterocycles. The number of fused-ring (bicyclic) bond motifs is 1. The van der Waals surface area contributed by atoms with Crippen molar-refractivity contribution in [2.24, 2.45) is 0 Å². The normalized spacial score (nSPS) is 11.0. The fourth-order valence-electron chi connectivity index (χ4n) is 2.43. The Bertz CT molecular complexity index is 945. The Hall–Kier alpha value is -2.54. The number of carbonyl (C=O) groups is 1. The van der Waals surface area contributed by atoms with E-state index in [0.29, 0.717) is 21.7 Å². The van der Waals surface area contributed by atoms with E-state index in [1.165, 1.54) is 15.9 Å². The van der Waals surface area contributed by atoms with Gasteiger partial charge in [-0.25, -0.2) is 4.98 Å². The number of hydrogen-bond acceptors (Lipinski definition) is 5. The average Bonchev–Trinajstić information content (AvgIpc) is 2.82. The number of aromatic nitrogens is 3. The van der Waals surface area contributed by atoms with E-state index < -0.39 is 5.97 Å². The smallest absolute Gasteiger partial charge is 0.305 e. The summed E-state index contributed by atoms with van der Waals surface area (Å²) in [7, 11) is 0. The Morgan fingerprint density at radius 2 is 2.13 bits per heavy atom. The summed E-state index contributed by atoms with van der Waals surface area (Å²) >= 11 is 1.47. The van der Waals surface area contributed by atoms with E-state index in [4.69, 9.17) is 5.11 Å². The van der Waals surface area contributed by atoms with Gasteiger partial charge in [-0.2, -0.15) is 0 Å². The molecule has 0 spiro atoms. The molecule has 0 radical (unpaired) electrons. The molecule has 0 atom stereocenters. The summed E-state index contributed by atoms with van der Waals surface area (Å²) in [5, 5.41) is 9.52. The molecule has 6 nitrogen and oxygen atoms in total. The van der Waals surface area contributed by atoms with Gasteiger partial charge >= 0.3 is 5.97 Å². The lowest BCUT2D eigenvalue weighted by Crippen LogP contribution is -2.25. The highest BCUT2D eigenvalue weighted by molar-refractivity contribution is 7.18. The van der Waals surface area contributed by atoms with E-state index in [1.54, 1.807) is 18.3 Å². The van der Waals surface area contributed by atoms with Crippen LogP contribution in [0, 0.1) is 13.8 Å². The zero-order valence-corrected chi connectivity index (χ0v) is 13.6. The van der Waals surface area contributed by atoms with E-state index in [-0.39, 0.29) is 18.5 Å². The minimum Gasteiger partial charge on any atom is -0.481 e. The summed E-state index contributed by atoms with van der Waals surface area (Å²) in [6.07, 6.45) is 1.48. The van der Waals surface area contributed by atoms with Gasteiger partial charge in [-0.15, -0.1) is 11.3 Å². The van der Waals surface area contributed by atoms with Crippen molar-refractivity contribution in [2.75, 3.05) is 0 Å². The van der Waals surface area contributed by atoms with Crippen LogP contribution in [0.15, 0.2) is 29.2 Å². The molecule has 118 valence electrons. The molecular formula is C16H15N3O3S. The summed E-state index contributed by atoms with van der Waals surface area (Å²) in [4.78, 5) is 34.3. The van der Waals surface area contributed by atoms with Gasteiger partial charge in [0.2, 0.25) is 0 Å². The Labute approximate surface area is 136 Å². The van der Waals surface area contributed by atoms with E-state index >= 15 is 0 Å². The third kappa shape index (κ3) is 2.75. The lowest BCUT2D eigenvalue weighted by molar-refractivity contribution is -0.137. The van der Waals surface area contributed by atoms with Gasteiger partial charge in [-0.05, 0) is 31.5 Å². The molecule has 0 bridgehead atoms. The van der Waals surface area contributed by atoms with Crippen molar-refractivity contribution in [3.63, 3.8) is 0 Å². The van der Waals surface area contributed by atoms with Gasteiger partial charge in [-0.3, -0.25) is 19.1 Å². The summed E-state index contributed by atoms with van der Waals surface area (Å²) in [6, 6.07) is 5.35. The molecule has 0 fully saturated rings. The number of carboxylic acid groups (broad SMARTS) is 1. The maximum atomic E-state index is 12.9. The van der Waals surface area contributed by atoms with Crippen LogP contribution in [0.5, 0.6) is 0 Å². The predicted molar refractivity (Wildman–Crippen MR) is 88.8 cm³/mol. The Morgan fingerprint density at radius 3 is 2.78 bits per heavy atom. The predicted octanol–water partition coefficient (Wildman–Crippen LogP) is 2.61. The number of aliphatic carboxylic acids is 1. The number of thiophene rings is 1. The zero-order chi connectivity index (χ0) is 16.6. The monoisotopic (exact) mass is 329 g/mol. The van der Waals surface area contributed by atoms with Crippen LogP contribution < -0.4 is 5.56 Å². The first-order valence-corrected chi connectivity index (χ1v) is 7.94. The summed E-state index contributed by atoms with van der Waals surface area (Å²) < 4.78 is 1.41. The third-order valence-electron chi connectivity index (χ3n) is 3.73. The summed E-state index contributed by atoms with van der Waals surface area (Å²) in [5.41, 5.74) is 1.25. The molecule has 0 saturated heterocycles. The maximum absolute atomic E-state index is 12.9. The van der Waals surface area contributed by atoms with Gasteiger partial charge in [-0.1, -0.05) is 6.07 Å². The lowest BCUT2D eigenvalue weighted by atomic mass is 10.2. The highest BCUT2D eigenvalue weighted by Gasteiger charge is 2.18. The molecule has 3 aromatic rings. The molecule has 3 rings (SSSR count). The Morgan fingerprint density at radius 1 is 1.35 bits per heavy atom. The van der Waals surface area contributed by atoms with Crippen LogP contribution in [0.1, 0.15) is 16.9 Å². The molecule has 0 aliphatic heterocycles. The van der Waals surface area contributed by atoms with E-state index in [2.05, 4.69) is 9.97 Å². The topological polar surface area (TPSA) is 85.1 Å². The van der Waals surface area contributed by atoms with Crippen LogP contribution in [0.4, 0.5) is 0 Å². The lowest BCUT2D eigenvalue weighted by Gasteiger charge is -2.11. The Balaban J connectivity index is 2.30. The van der Waals surface area contributed by atoms with Gasteiger partial charge in [0, 0.05) is 17.6 Å². The number of hydrogen-bond donors (Lipinski definition) is 1. The Kier molecular flexibility index (Phi) is 3.96. The van der Waals surface area contributed by atoms with Gasteiger partial charge in [0.15, 0.2) is 5.82 Å². The number of aryl methyl sites for hydroxylation is 2. The van der Waals surface area contributed by atoms with Crippen molar-refractivity contribution < 1.29 is 9.90 Å². The molecule has 0 unspecified atom stereocenters. The molecular weight excluding hydrogens is 314 g/mol. The first kappa shape index (κ1) is 15.4. The van der Waals surface area contributed by atoms with E-state index in [9.17, 15) is 9.59 Å². The molecule has 0 aliphatic rings. The van der Waals surface area contributed by atoms with E-state index in [1.807, 2.05) is 19.9 Å². The summed E-state index contributed by atoms with van der Waals surface area (Å²) in [6.45, 7) is 3.90. The fourth-order valence-corrected chi connectivity index (χ4v) is 3.45. The van der Waals surface area contributed by atoms with Gasteiger partial charge < -0.3 is 5.11 Å². The maximum Gasteiger partial charge on any atom is 0.305 e. The second-order valence-electron chi connectivity index (χ2n) is 5.21. The van der Waals surface area contributed by atoms with Crippen LogP contribution in [-0.4, -0.2) is 25.6 Å². The van der Waals surface area contributed by atoms with Crippen molar-refractivity contribution in [3.05, 3.63) is 45.2 Å². The van der Waals surface area contributed by atoms with Crippen LogP contribution in [-0.2, 0) is 11.3 Å². The molecule has 0 aliphatic carbocycles. The first-order chi connectivity index (χ1) is 11.0. The third-order valence-corrected chi connectivity index (χ3v) is 4.83. The number of pyridine rings is 1. The second kappa shape index (κ2) is 5.92. The van der Waals surface area contributed by atoms with Crippen LogP contribution >= 0.6 is 11.3 Å². The van der Waals surface area contributed by atoms with Gasteiger partial charge in [0.25, 0.3) is 5.56 Å². The quantitative estimate of drug-likeness (QED) is 0.795. The molecule has 23 heavy (non-hydrogen) atoms. The van der Waals surface area contributed by atoms with Crippen molar-refractivity contribution >= 4 is 27.5 Å². The minimum absolute atomic E-state index is 0.0668. The van der Waals surface area contributed by atoms with Crippen molar-refractivity contribution in [1.29, 1.82) is 0 Å². The van der Waals surface area contributed by atoms with Gasteiger partial charge in [0.05, 0.1) is 11.8 Å². The SMILES string of the molecule is Cc1sc2nc(-c3ccccn3)n(CCC(=O)O)c(=O)c2c1C. The molecule has 0 amide bonds. The average molecular weight is 329 g/mol. The van der Waals surface area contributed by atoms with E-state index in [0.717, 1.165) is 10.4 Å². The van der Waals surface area contributed by atoms with Gasteiger partial charge in [0.1, 0.15) is 10.5 Å². The summed E-state index contributed by atoms with van der Waals surface area (Å²) in [5.74, 6) is -0.548. The highest BCUT2D eigenvalue weighted by atomic mass is 32.1. The van der Waals surface area contributed by atoms with Crippen LogP contribution in [0.25, 0.3) is 21.7 Å². The largest absolute Gasteiger partial charge is 0.481 e. The number of nitrogens with zero attached hydrogens (tertiary/aromatic N) is 3. The highest BCUT2D eigenvalue weighted by Crippen LogP contribution is 2.28. The van der Waals surface area contributed by atoms with Crippen molar-refractivity contribution in [1.82, 2.24) is 14.5 Å². The fraction of sp³-hybridized carbons (Fsp3) is 0.250. The molecule has 0 saturated carbocycles. The number of carboxylic acids is 1. The minimum atomic E-state index is -0.956. The van der Waals surface area contributed by atoms with Crippen molar-refractivity contribution in [3.8, 4) is 11.5 Å². The number of rotatable bonds is 4. The molecule has 0 aromatic carbocycles. The van der Waals surface area contributed by atoms with Crippen LogP contribution in [0.3, 0.4) is 0 Å². The molecule has 7 heteroatoms. The zero-order valence-electron chi connectivity index (χ0n) is 12.7. The molecule has 1 N–H and O–H groups in total. The second-order valence-corrected chi connectivity index (χ2v) is 6.42. The van der Waals surface area contributed by atoms with Crippen molar-refractivity contribution in [2.45, 2.75) is 26.8 Å². The first-order valence-electron chi connectivity index (χ1n) is 7.12. The van der Waals surface area contributed by atoms with Crippen LogP contribution in [0.2, 0.25) is 0 Å². The standard InChI is InChI=1S/C16H15N3O3S/c1-9-10(2)23-15-13(9)16(22)19(8-6-12(20)21)14(18-15)11-5-3-4-7-17-11/h3-5,7H,6,8H2,1-2H3,(H,20,21).